The molecule has 2 aromatic heterocycles. The van der Waals surface area contributed by atoms with E-state index in [2.05, 4.69) is 20.6 Å². The normalized spacial score (nSPS) is 17.7. The SMILES string of the molecule is Cc1ccc2nc([C@@H](C)NC(=O)c3cn(C4CC4)cc(C(=O)NC4CCCCCC4)c3=O)[nH]c2c1. The Bertz CT molecular complexity index is 1310. The minimum atomic E-state index is -0.530. The van der Waals surface area contributed by atoms with Crippen LogP contribution in [0.3, 0.4) is 0 Å². The fourth-order valence-electron chi connectivity index (χ4n) is 4.88. The molecule has 35 heavy (non-hydrogen) atoms. The first kappa shape index (κ1) is 23.3. The lowest BCUT2D eigenvalue weighted by atomic mass is 10.1. The molecule has 2 saturated carbocycles. The molecule has 184 valence electrons. The molecule has 2 amide bonds. The Morgan fingerprint density at radius 2 is 1.71 bits per heavy atom. The van der Waals surface area contributed by atoms with Crippen LogP contribution in [-0.2, 0) is 0 Å². The van der Waals surface area contributed by atoms with Crippen LogP contribution in [-0.4, -0.2) is 32.4 Å². The van der Waals surface area contributed by atoms with Crippen LogP contribution in [0.1, 0.15) is 102 Å². The number of carbonyl (C=O) groups is 2. The summed E-state index contributed by atoms with van der Waals surface area (Å²) in [5, 5.41) is 5.95. The molecule has 0 aliphatic heterocycles. The number of nitrogens with one attached hydrogen (secondary N) is 3. The lowest BCUT2D eigenvalue weighted by molar-refractivity contribution is 0.0931. The number of fused-ring (bicyclic) bond motifs is 1. The second-order valence-corrected chi connectivity index (χ2v) is 10.1. The average Bonchev–Trinajstić information content (AvgIpc) is 3.63. The third-order valence-electron chi connectivity index (χ3n) is 7.11. The summed E-state index contributed by atoms with van der Waals surface area (Å²) in [6.45, 7) is 3.83. The fraction of sp³-hybridized carbons (Fsp3) is 0.481. The summed E-state index contributed by atoms with van der Waals surface area (Å²) in [6, 6.07) is 5.79. The highest BCUT2D eigenvalue weighted by molar-refractivity contribution is 5.99. The molecule has 1 atom stereocenters. The van der Waals surface area contributed by atoms with Gasteiger partial charge in [0.2, 0.25) is 5.43 Å². The standard InChI is InChI=1S/C27H33N5O3/c1-16-9-12-22-23(13-16)31-25(30-22)17(2)28-26(34)20-14-32(19-10-11-19)15-21(24(20)33)27(35)29-18-7-5-3-4-6-8-18/h9,12-15,17-19H,3-8,10-11H2,1-2H3,(H,28,34)(H,29,35)(H,30,31)/t17-/m1/s1. The first-order chi connectivity index (χ1) is 16.9. The van der Waals surface area contributed by atoms with Crippen LogP contribution < -0.4 is 16.1 Å². The molecular formula is C27H33N5O3. The smallest absolute Gasteiger partial charge is 0.257 e. The number of hydrogen-bond acceptors (Lipinski definition) is 4. The minimum absolute atomic E-state index is 0.00998. The van der Waals surface area contributed by atoms with E-state index in [9.17, 15) is 14.4 Å². The van der Waals surface area contributed by atoms with Crippen molar-refractivity contribution in [2.24, 2.45) is 0 Å². The zero-order valence-corrected chi connectivity index (χ0v) is 20.4. The number of H-pyrrole nitrogens is 1. The van der Waals surface area contributed by atoms with E-state index in [1.165, 1.54) is 12.8 Å². The molecule has 0 bridgehead atoms. The second-order valence-electron chi connectivity index (χ2n) is 10.1. The van der Waals surface area contributed by atoms with Gasteiger partial charge in [0.1, 0.15) is 17.0 Å². The third kappa shape index (κ3) is 5.16. The number of aromatic amines is 1. The molecule has 8 heteroatoms. The number of amides is 2. The van der Waals surface area contributed by atoms with Gasteiger partial charge in [-0.15, -0.1) is 0 Å². The van der Waals surface area contributed by atoms with E-state index in [0.29, 0.717) is 5.82 Å². The van der Waals surface area contributed by atoms with Gasteiger partial charge in [0, 0.05) is 24.5 Å². The third-order valence-corrected chi connectivity index (χ3v) is 7.11. The molecule has 0 radical (unpaired) electrons. The topological polar surface area (TPSA) is 109 Å². The predicted octanol–water partition coefficient (Wildman–Crippen LogP) is 4.31. The van der Waals surface area contributed by atoms with Crippen LogP contribution in [0.5, 0.6) is 0 Å². The molecule has 8 nitrogen and oxygen atoms in total. The average molecular weight is 476 g/mol. The zero-order valence-electron chi connectivity index (χ0n) is 20.4. The molecule has 5 rings (SSSR count). The maximum atomic E-state index is 13.3. The molecule has 2 heterocycles. The molecule has 0 spiro atoms. The molecular weight excluding hydrogens is 442 g/mol. The number of imidazole rings is 1. The first-order valence-electron chi connectivity index (χ1n) is 12.7. The number of pyridine rings is 1. The second kappa shape index (κ2) is 9.68. The van der Waals surface area contributed by atoms with Gasteiger partial charge in [0.05, 0.1) is 17.1 Å². The van der Waals surface area contributed by atoms with E-state index in [1.807, 2.05) is 36.6 Å². The lowest BCUT2D eigenvalue weighted by Gasteiger charge is -2.18. The summed E-state index contributed by atoms with van der Waals surface area (Å²) in [4.78, 5) is 47.5. The van der Waals surface area contributed by atoms with Gasteiger partial charge in [-0.3, -0.25) is 14.4 Å². The van der Waals surface area contributed by atoms with Crippen molar-refractivity contribution >= 4 is 22.8 Å². The van der Waals surface area contributed by atoms with Crippen molar-refractivity contribution in [2.75, 3.05) is 0 Å². The van der Waals surface area contributed by atoms with E-state index < -0.39 is 17.4 Å². The quantitative estimate of drug-likeness (QED) is 0.462. The van der Waals surface area contributed by atoms with Gasteiger partial charge in [-0.1, -0.05) is 31.7 Å². The van der Waals surface area contributed by atoms with Crippen LogP contribution in [0.4, 0.5) is 0 Å². The van der Waals surface area contributed by atoms with Crippen LogP contribution in [0.2, 0.25) is 0 Å². The molecule has 3 N–H and O–H groups in total. The Kier molecular flexibility index (Phi) is 6.45. The Morgan fingerprint density at radius 1 is 1.03 bits per heavy atom. The van der Waals surface area contributed by atoms with Gasteiger partial charge < -0.3 is 20.2 Å². The minimum Gasteiger partial charge on any atom is -0.349 e. The van der Waals surface area contributed by atoms with Crippen molar-refractivity contribution in [3.05, 3.63) is 63.3 Å². The van der Waals surface area contributed by atoms with E-state index in [4.69, 9.17) is 0 Å². The van der Waals surface area contributed by atoms with Crippen LogP contribution in [0, 0.1) is 6.92 Å². The Hall–Kier alpha value is -3.42. The molecule has 3 aromatic rings. The van der Waals surface area contributed by atoms with Gasteiger partial charge in [-0.2, -0.15) is 0 Å². The maximum absolute atomic E-state index is 13.3. The number of aromatic nitrogens is 3. The van der Waals surface area contributed by atoms with E-state index in [-0.39, 0.29) is 29.1 Å². The monoisotopic (exact) mass is 475 g/mol. The van der Waals surface area contributed by atoms with Crippen molar-refractivity contribution in [1.29, 1.82) is 0 Å². The highest BCUT2D eigenvalue weighted by Gasteiger charge is 2.28. The van der Waals surface area contributed by atoms with Crippen molar-refractivity contribution in [3.63, 3.8) is 0 Å². The predicted molar refractivity (Wildman–Crippen MR) is 135 cm³/mol. The highest BCUT2D eigenvalue weighted by atomic mass is 16.2. The summed E-state index contributed by atoms with van der Waals surface area (Å²) in [7, 11) is 0. The molecule has 2 aliphatic rings. The molecule has 2 fully saturated rings. The summed E-state index contributed by atoms with van der Waals surface area (Å²) < 4.78 is 1.85. The van der Waals surface area contributed by atoms with Crippen molar-refractivity contribution in [3.8, 4) is 0 Å². The number of carbonyl (C=O) groups excluding carboxylic acids is 2. The van der Waals surface area contributed by atoms with Crippen LogP contribution >= 0.6 is 0 Å². The Labute approximate surface area is 204 Å². The van der Waals surface area contributed by atoms with E-state index in [1.54, 1.807) is 12.4 Å². The summed E-state index contributed by atoms with van der Waals surface area (Å²) in [5.41, 5.74) is 2.33. The van der Waals surface area contributed by atoms with Gasteiger partial charge in [0.15, 0.2) is 0 Å². The molecule has 2 aliphatic carbocycles. The van der Waals surface area contributed by atoms with E-state index >= 15 is 0 Å². The van der Waals surface area contributed by atoms with Gasteiger partial charge in [0.25, 0.3) is 11.8 Å². The zero-order chi connectivity index (χ0) is 24.5. The number of aryl methyl sites for hydroxylation is 1. The van der Waals surface area contributed by atoms with Crippen LogP contribution in [0.15, 0.2) is 35.4 Å². The Balaban J connectivity index is 1.38. The maximum Gasteiger partial charge on any atom is 0.257 e. The fourth-order valence-corrected chi connectivity index (χ4v) is 4.88. The van der Waals surface area contributed by atoms with Crippen molar-refractivity contribution < 1.29 is 9.59 Å². The highest BCUT2D eigenvalue weighted by Crippen LogP contribution is 2.34. The molecule has 0 saturated heterocycles. The molecule has 0 unspecified atom stereocenters. The first-order valence-corrected chi connectivity index (χ1v) is 12.7. The van der Waals surface area contributed by atoms with Gasteiger partial charge in [-0.05, 0) is 57.2 Å². The van der Waals surface area contributed by atoms with Crippen molar-refractivity contribution in [1.82, 2.24) is 25.2 Å². The summed E-state index contributed by atoms with van der Waals surface area (Å²) in [6.07, 6.45) is 11.5. The largest absolute Gasteiger partial charge is 0.349 e. The van der Waals surface area contributed by atoms with Gasteiger partial charge >= 0.3 is 0 Å². The number of rotatable bonds is 6. The van der Waals surface area contributed by atoms with Crippen molar-refractivity contribution in [2.45, 2.75) is 83.3 Å². The summed E-state index contributed by atoms with van der Waals surface area (Å²) in [5.74, 6) is -0.270. The lowest BCUT2D eigenvalue weighted by Crippen LogP contribution is -2.39. The molecule has 1 aromatic carbocycles. The Morgan fingerprint density at radius 3 is 2.40 bits per heavy atom. The van der Waals surface area contributed by atoms with Crippen LogP contribution in [0.25, 0.3) is 11.0 Å². The summed E-state index contributed by atoms with van der Waals surface area (Å²) >= 11 is 0. The van der Waals surface area contributed by atoms with E-state index in [0.717, 1.165) is 55.1 Å². The number of benzene rings is 1. The van der Waals surface area contributed by atoms with Gasteiger partial charge in [-0.25, -0.2) is 4.98 Å². The number of nitrogens with zero attached hydrogens (tertiary/aromatic N) is 2. The number of hydrogen-bond donors (Lipinski definition) is 3.